The van der Waals surface area contributed by atoms with Crippen LogP contribution in [0.1, 0.15) is 70.2 Å². The molecular formula is C19H28N4O. The smallest absolute Gasteiger partial charge is 0.199 e. The van der Waals surface area contributed by atoms with Gasteiger partial charge in [0.05, 0.1) is 5.69 Å². The fourth-order valence-corrected chi connectivity index (χ4v) is 2.82. The van der Waals surface area contributed by atoms with E-state index in [1.807, 2.05) is 6.20 Å². The molecule has 3 heterocycles. The molecule has 0 fully saturated rings. The van der Waals surface area contributed by atoms with E-state index in [1.165, 1.54) is 11.3 Å². The molecular weight excluding hydrogens is 300 g/mol. The third kappa shape index (κ3) is 3.66. The normalized spacial score (nSPS) is 16.2. The summed E-state index contributed by atoms with van der Waals surface area (Å²) < 4.78 is 5.63. The molecule has 0 aromatic carbocycles. The molecule has 2 aromatic rings. The van der Waals surface area contributed by atoms with Gasteiger partial charge in [-0.1, -0.05) is 41.5 Å². The fourth-order valence-electron chi connectivity index (χ4n) is 2.82. The SMILES string of the molecule is CC(C)(C)c1ncc2c(n1)CCN(Cc1coc(C(C)(C)C)n1)C2. The second kappa shape index (κ2) is 5.96. The predicted octanol–water partition coefficient (Wildman–Crippen LogP) is 3.62. The molecule has 0 atom stereocenters. The van der Waals surface area contributed by atoms with Crippen LogP contribution in [0, 0.1) is 0 Å². The van der Waals surface area contributed by atoms with Crippen molar-refractivity contribution < 1.29 is 4.42 Å². The van der Waals surface area contributed by atoms with E-state index in [2.05, 4.69) is 56.4 Å². The molecule has 0 unspecified atom stereocenters. The van der Waals surface area contributed by atoms with Gasteiger partial charge in [-0.25, -0.2) is 15.0 Å². The number of rotatable bonds is 2. The highest BCUT2D eigenvalue weighted by Gasteiger charge is 2.24. The second-order valence-corrected chi connectivity index (χ2v) is 8.77. The van der Waals surface area contributed by atoms with Crippen molar-refractivity contribution in [3.8, 4) is 0 Å². The molecule has 24 heavy (non-hydrogen) atoms. The van der Waals surface area contributed by atoms with Crippen LogP contribution in [0.15, 0.2) is 16.9 Å². The lowest BCUT2D eigenvalue weighted by Crippen LogP contribution is -2.32. The highest BCUT2D eigenvalue weighted by Crippen LogP contribution is 2.25. The highest BCUT2D eigenvalue weighted by atomic mass is 16.3. The minimum atomic E-state index is -0.0516. The van der Waals surface area contributed by atoms with Gasteiger partial charge in [0, 0.05) is 54.3 Å². The molecule has 0 saturated carbocycles. The van der Waals surface area contributed by atoms with E-state index >= 15 is 0 Å². The number of fused-ring (bicyclic) bond motifs is 1. The van der Waals surface area contributed by atoms with Gasteiger partial charge in [0.2, 0.25) is 0 Å². The first-order valence-electron chi connectivity index (χ1n) is 8.65. The zero-order chi connectivity index (χ0) is 17.5. The minimum absolute atomic E-state index is 0.00374. The van der Waals surface area contributed by atoms with Crippen molar-refractivity contribution in [3.05, 3.63) is 41.1 Å². The summed E-state index contributed by atoms with van der Waals surface area (Å²) in [6, 6.07) is 0. The summed E-state index contributed by atoms with van der Waals surface area (Å²) in [5.41, 5.74) is 3.37. The van der Waals surface area contributed by atoms with Gasteiger partial charge in [0.25, 0.3) is 0 Å². The molecule has 130 valence electrons. The van der Waals surface area contributed by atoms with Crippen molar-refractivity contribution in [1.29, 1.82) is 0 Å². The van der Waals surface area contributed by atoms with Crippen molar-refractivity contribution in [2.24, 2.45) is 0 Å². The van der Waals surface area contributed by atoms with Gasteiger partial charge in [0.1, 0.15) is 12.1 Å². The van der Waals surface area contributed by atoms with Crippen molar-refractivity contribution in [3.63, 3.8) is 0 Å². The third-order valence-corrected chi connectivity index (χ3v) is 4.26. The van der Waals surface area contributed by atoms with Crippen molar-refractivity contribution >= 4 is 0 Å². The maximum Gasteiger partial charge on any atom is 0.199 e. The summed E-state index contributed by atoms with van der Waals surface area (Å²) in [6.45, 7) is 15.5. The third-order valence-electron chi connectivity index (χ3n) is 4.26. The van der Waals surface area contributed by atoms with E-state index in [0.29, 0.717) is 0 Å². The number of oxazole rings is 1. The molecule has 0 bridgehead atoms. The molecule has 0 N–H and O–H groups in total. The highest BCUT2D eigenvalue weighted by molar-refractivity contribution is 5.22. The molecule has 3 rings (SSSR count). The van der Waals surface area contributed by atoms with Crippen LogP contribution in [-0.4, -0.2) is 26.4 Å². The van der Waals surface area contributed by atoms with Crippen LogP contribution in [0.2, 0.25) is 0 Å². The van der Waals surface area contributed by atoms with Gasteiger partial charge in [0.15, 0.2) is 5.89 Å². The Morgan fingerprint density at radius 3 is 2.46 bits per heavy atom. The lowest BCUT2D eigenvalue weighted by molar-refractivity contribution is 0.239. The first kappa shape index (κ1) is 17.1. The van der Waals surface area contributed by atoms with Crippen LogP contribution in [0.5, 0.6) is 0 Å². The molecule has 5 nitrogen and oxygen atoms in total. The van der Waals surface area contributed by atoms with Gasteiger partial charge in [-0.2, -0.15) is 0 Å². The van der Waals surface area contributed by atoms with Crippen molar-refractivity contribution in [2.45, 2.75) is 71.9 Å². The van der Waals surface area contributed by atoms with E-state index in [4.69, 9.17) is 9.40 Å². The molecule has 0 saturated heterocycles. The number of hydrogen-bond acceptors (Lipinski definition) is 5. The standard InChI is InChI=1S/C19H28N4O/c1-18(2,3)16-20-9-13-10-23(8-7-15(13)22-16)11-14-12-24-17(21-14)19(4,5)6/h9,12H,7-8,10-11H2,1-6H3. The Hall–Kier alpha value is -1.75. The largest absolute Gasteiger partial charge is 0.448 e. The zero-order valence-electron chi connectivity index (χ0n) is 15.7. The van der Waals surface area contributed by atoms with Crippen LogP contribution in [0.25, 0.3) is 0 Å². The number of aromatic nitrogens is 3. The van der Waals surface area contributed by atoms with Crippen LogP contribution in [-0.2, 0) is 30.3 Å². The van der Waals surface area contributed by atoms with Crippen LogP contribution >= 0.6 is 0 Å². The average Bonchev–Trinajstić information content (AvgIpc) is 2.94. The van der Waals surface area contributed by atoms with Gasteiger partial charge < -0.3 is 4.42 Å². The van der Waals surface area contributed by atoms with E-state index in [1.54, 1.807) is 6.26 Å². The molecule has 1 aliphatic heterocycles. The Morgan fingerprint density at radius 2 is 1.83 bits per heavy atom. The predicted molar refractivity (Wildman–Crippen MR) is 93.8 cm³/mol. The van der Waals surface area contributed by atoms with E-state index in [-0.39, 0.29) is 10.8 Å². The summed E-state index contributed by atoms with van der Waals surface area (Å²) >= 11 is 0. The lowest BCUT2D eigenvalue weighted by Gasteiger charge is -2.28. The zero-order valence-corrected chi connectivity index (χ0v) is 15.7. The molecule has 2 aromatic heterocycles. The van der Waals surface area contributed by atoms with E-state index in [0.717, 1.165) is 43.5 Å². The van der Waals surface area contributed by atoms with Crippen molar-refractivity contribution in [1.82, 2.24) is 19.9 Å². The summed E-state index contributed by atoms with van der Waals surface area (Å²) in [4.78, 5) is 16.4. The quantitative estimate of drug-likeness (QED) is 0.843. The Bertz CT molecular complexity index is 722. The number of hydrogen-bond donors (Lipinski definition) is 0. The van der Waals surface area contributed by atoms with E-state index < -0.39 is 0 Å². The van der Waals surface area contributed by atoms with Gasteiger partial charge in [-0.3, -0.25) is 4.90 Å². The van der Waals surface area contributed by atoms with Crippen LogP contribution in [0.3, 0.4) is 0 Å². The van der Waals surface area contributed by atoms with Crippen LogP contribution < -0.4 is 0 Å². The van der Waals surface area contributed by atoms with E-state index in [9.17, 15) is 0 Å². The maximum atomic E-state index is 5.63. The van der Waals surface area contributed by atoms with Gasteiger partial charge in [-0.15, -0.1) is 0 Å². The average molecular weight is 328 g/mol. The molecule has 1 aliphatic rings. The lowest BCUT2D eigenvalue weighted by atomic mass is 9.95. The summed E-state index contributed by atoms with van der Waals surface area (Å²) in [5.74, 6) is 1.73. The summed E-state index contributed by atoms with van der Waals surface area (Å²) in [7, 11) is 0. The minimum Gasteiger partial charge on any atom is -0.448 e. The first-order valence-corrected chi connectivity index (χ1v) is 8.65. The molecule has 0 radical (unpaired) electrons. The topological polar surface area (TPSA) is 55.1 Å². The van der Waals surface area contributed by atoms with Crippen LogP contribution in [0.4, 0.5) is 0 Å². The summed E-state index contributed by atoms with van der Waals surface area (Å²) in [6.07, 6.45) is 4.75. The fraction of sp³-hybridized carbons (Fsp3) is 0.632. The Morgan fingerprint density at radius 1 is 1.08 bits per heavy atom. The number of nitrogens with zero attached hydrogens (tertiary/aromatic N) is 4. The Labute approximate surface area is 144 Å². The van der Waals surface area contributed by atoms with Crippen molar-refractivity contribution in [2.75, 3.05) is 6.54 Å². The molecule has 0 aliphatic carbocycles. The Kier molecular flexibility index (Phi) is 4.24. The first-order chi connectivity index (χ1) is 11.1. The summed E-state index contributed by atoms with van der Waals surface area (Å²) in [5, 5.41) is 0. The molecule has 0 spiro atoms. The van der Waals surface area contributed by atoms with Gasteiger partial charge >= 0.3 is 0 Å². The Balaban J connectivity index is 1.70. The molecule has 0 amide bonds. The monoisotopic (exact) mass is 328 g/mol. The van der Waals surface area contributed by atoms with Gasteiger partial charge in [-0.05, 0) is 0 Å². The molecule has 5 heteroatoms. The maximum absolute atomic E-state index is 5.63. The second-order valence-electron chi connectivity index (χ2n) is 8.77.